The number of hydrogen-bond acceptors (Lipinski definition) is 6. The van der Waals surface area contributed by atoms with Gasteiger partial charge in [-0.1, -0.05) is 25.9 Å². The number of rotatable bonds is 4. The second kappa shape index (κ2) is 6.65. The molecule has 6 nitrogen and oxygen atoms in total. The highest BCUT2D eigenvalue weighted by molar-refractivity contribution is 4.99. The first kappa shape index (κ1) is 15.4. The molecule has 0 aliphatic carbocycles. The van der Waals surface area contributed by atoms with E-state index in [0.717, 1.165) is 51.5 Å². The van der Waals surface area contributed by atoms with Crippen molar-refractivity contribution in [2.75, 3.05) is 39.3 Å². The van der Waals surface area contributed by atoms with Gasteiger partial charge in [-0.2, -0.15) is 4.98 Å². The molecule has 6 heteroatoms. The molecule has 2 rings (SSSR count). The molecule has 20 heavy (non-hydrogen) atoms. The Morgan fingerprint density at radius 2 is 1.85 bits per heavy atom. The largest absolute Gasteiger partial charge is 0.395 e. The van der Waals surface area contributed by atoms with Crippen molar-refractivity contribution < 1.29 is 9.63 Å². The van der Waals surface area contributed by atoms with Gasteiger partial charge in [-0.15, -0.1) is 0 Å². The summed E-state index contributed by atoms with van der Waals surface area (Å²) in [6, 6.07) is 0. The first-order valence-corrected chi connectivity index (χ1v) is 7.37. The van der Waals surface area contributed by atoms with E-state index < -0.39 is 0 Å². The van der Waals surface area contributed by atoms with Gasteiger partial charge in [0.1, 0.15) is 0 Å². The van der Waals surface area contributed by atoms with Gasteiger partial charge in [-0.25, -0.2) is 0 Å². The van der Waals surface area contributed by atoms with E-state index in [1.165, 1.54) is 0 Å². The minimum Gasteiger partial charge on any atom is -0.395 e. The second-order valence-electron chi connectivity index (χ2n) is 6.46. The fourth-order valence-electron chi connectivity index (χ4n) is 2.36. The fraction of sp³-hybridized carbons (Fsp3) is 0.857. The molecule has 2 heterocycles. The molecule has 0 unspecified atom stereocenters. The Balaban J connectivity index is 1.88. The van der Waals surface area contributed by atoms with Crippen molar-refractivity contribution in [2.24, 2.45) is 0 Å². The molecule has 114 valence electrons. The lowest BCUT2D eigenvalue weighted by atomic mass is 9.96. The lowest BCUT2D eigenvalue weighted by Gasteiger charge is -2.19. The van der Waals surface area contributed by atoms with E-state index >= 15 is 0 Å². The lowest BCUT2D eigenvalue weighted by Crippen LogP contribution is -2.32. The van der Waals surface area contributed by atoms with E-state index in [2.05, 4.69) is 40.7 Å². The highest BCUT2D eigenvalue weighted by Gasteiger charge is 2.22. The quantitative estimate of drug-likeness (QED) is 0.884. The van der Waals surface area contributed by atoms with Gasteiger partial charge in [0.05, 0.1) is 13.2 Å². The van der Waals surface area contributed by atoms with Crippen LogP contribution in [0.5, 0.6) is 0 Å². The Morgan fingerprint density at radius 3 is 2.50 bits per heavy atom. The van der Waals surface area contributed by atoms with Gasteiger partial charge in [-0.05, 0) is 19.5 Å². The molecule has 1 aromatic heterocycles. The second-order valence-corrected chi connectivity index (χ2v) is 6.46. The highest BCUT2D eigenvalue weighted by atomic mass is 16.5. The molecule has 0 bridgehead atoms. The Morgan fingerprint density at radius 1 is 1.15 bits per heavy atom. The van der Waals surface area contributed by atoms with Crippen molar-refractivity contribution in [2.45, 2.75) is 39.2 Å². The Labute approximate surface area is 120 Å². The number of hydrogen-bond donors (Lipinski definition) is 1. The molecular formula is C14H26N4O2. The van der Waals surface area contributed by atoms with Crippen molar-refractivity contribution in [1.82, 2.24) is 19.9 Å². The molecule has 1 aliphatic heterocycles. The number of nitrogens with zero attached hydrogens (tertiary/aromatic N) is 4. The van der Waals surface area contributed by atoms with E-state index in [9.17, 15) is 0 Å². The third-order valence-corrected chi connectivity index (χ3v) is 3.60. The predicted octanol–water partition coefficient (Wildman–Crippen LogP) is 0.867. The monoisotopic (exact) mass is 282 g/mol. The molecule has 1 aromatic rings. The summed E-state index contributed by atoms with van der Waals surface area (Å²) < 4.78 is 5.35. The smallest absolute Gasteiger partial charge is 0.240 e. The molecule has 1 aliphatic rings. The van der Waals surface area contributed by atoms with Gasteiger partial charge in [-0.3, -0.25) is 9.80 Å². The molecule has 1 N–H and O–H groups in total. The van der Waals surface area contributed by atoms with Gasteiger partial charge in [0.2, 0.25) is 5.89 Å². The van der Waals surface area contributed by atoms with Crippen LogP contribution in [0, 0.1) is 0 Å². The van der Waals surface area contributed by atoms with Crippen LogP contribution in [0.1, 0.15) is 38.9 Å². The zero-order valence-electron chi connectivity index (χ0n) is 12.8. The molecule has 0 atom stereocenters. The topological polar surface area (TPSA) is 65.6 Å². The Bertz CT molecular complexity index is 414. The van der Waals surface area contributed by atoms with Crippen molar-refractivity contribution in [3.63, 3.8) is 0 Å². The van der Waals surface area contributed by atoms with Crippen LogP contribution in [0.3, 0.4) is 0 Å². The van der Waals surface area contributed by atoms with E-state index in [0.29, 0.717) is 5.89 Å². The SMILES string of the molecule is CC(C)(C)c1noc(CN2CCCN(CCO)CC2)n1. The summed E-state index contributed by atoms with van der Waals surface area (Å²) in [6.45, 7) is 12.0. The molecule has 1 saturated heterocycles. The summed E-state index contributed by atoms with van der Waals surface area (Å²) in [5, 5.41) is 13.1. The molecule has 1 fully saturated rings. The van der Waals surface area contributed by atoms with Gasteiger partial charge >= 0.3 is 0 Å². The standard InChI is InChI=1S/C14H26N4O2/c1-14(2,3)13-15-12(20-16-13)11-18-6-4-5-17(7-8-18)9-10-19/h19H,4-11H2,1-3H3. The van der Waals surface area contributed by atoms with Crippen molar-refractivity contribution in [3.05, 3.63) is 11.7 Å². The van der Waals surface area contributed by atoms with E-state index in [-0.39, 0.29) is 12.0 Å². The third kappa shape index (κ3) is 4.26. The number of aliphatic hydroxyl groups excluding tert-OH is 1. The molecule has 0 amide bonds. The first-order chi connectivity index (χ1) is 9.49. The summed E-state index contributed by atoms with van der Waals surface area (Å²) in [5.41, 5.74) is -0.0710. The van der Waals surface area contributed by atoms with Gasteiger partial charge in [0.25, 0.3) is 0 Å². The molecule has 0 saturated carbocycles. The summed E-state index contributed by atoms with van der Waals surface area (Å²) in [5.74, 6) is 1.47. The van der Waals surface area contributed by atoms with E-state index in [1.54, 1.807) is 0 Å². The first-order valence-electron chi connectivity index (χ1n) is 7.37. The average Bonchev–Trinajstić information content (AvgIpc) is 2.73. The molecule has 0 aromatic carbocycles. The van der Waals surface area contributed by atoms with Gasteiger partial charge in [0, 0.05) is 25.0 Å². The third-order valence-electron chi connectivity index (χ3n) is 3.60. The number of aliphatic hydroxyl groups is 1. The van der Waals surface area contributed by atoms with Crippen LogP contribution in [0.2, 0.25) is 0 Å². The van der Waals surface area contributed by atoms with Crippen molar-refractivity contribution in [3.8, 4) is 0 Å². The molecule has 0 spiro atoms. The van der Waals surface area contributed by atoms with Crippen LogP contribution in [-0.2, 0) is 12.0 Å². The normalized spacial score (nSPS) is 19.2. The van der Waals surface area contributed by atoms with Crippen LogP contribution in [0.25, 0.3) is 0 Å². The van der Waals surface area contributed by atoms with E-state index in [4.69, 9.17) is 9.63 Å². The zero-order chi connectivity index (χ0) is 14.6. The van der Waals surface area contributed by atoms with Gasteiger partial charge in [0.15, 0.2) is 5.82 Å². The maximum Gasteiger partial charge on any atom is 0.240 e. The van der Waals surface area contributed by atoms with E-state index in [1.807, 2.05) is 0 Å². The minimum absolute atomic E-state index is 0.0710. The van der Waals surface area contributed by atoms with Crippen molar-refractivity contribution in [1.29, 1.82) is 0 Å². The maximum absolute atomic E-state index is 9.00. The van der Waals surface area contributed by atoms with Gasteiger partial charge < -0.3 is 9.63 Å². The number of β-amino-alcohol motifs (C(OH)–C–C–N with tert-alkyl or cyclic N) is 1. The minimum atomic E-state index is -0.0710. The Kier molecular flexibility index (Phi) is 5.12. The summed E-state index contributed by atoms with van der Waals surface area (Å²) >= 11 is 0. The summed E-state index contributed by atoms with van der Waals surface area (Å²) in [6.07, 6.45) is 1.11. The Hall–Kier alpha value is -0.980. The van der Waals surface area contributed by atoms with Crippen molar-refractivity contribution >= 4 is 0 Å². The molecule has 0 radical (unpaired) electrons. The van der Waals surface area contributed by atoms with Crippen LogP contribution in [0.4, 0.5) is 0 Å². The predicted molar refractivity (Wildman–Crippen MR) is 76.4 cm³/mol. The summed E-state index contributed by atoms with van der Waals surface area (Å²) in [7, 11) is 0. The van der Waals surface area contributed by atoms with Crippen LogP contribution in [0.15, 0.2) is 4.52 Å². The average molecular weight is 282 g/mol. The fourth-order valence-corrected chi connectivity index (χ4v) is 2.36. The zero-order valence-corrected chi connectivity index (χ0v) is 12.8. The maximum atomic E-state index is 9.00. The van der Waals surface area contributed by atoms with Crippen LogP contribution < -0.4 is 0 Å². The lowest BCUT2D eigenvalue weighted by molar-refractivity contribution is 0.191. The van der Waals surface area contributed by atoms with Crippen LogP contribution in [-0.4, -0.2) is 64.4 Å². The van der Waals surface area contributed by atoms with Crippen LogP contribution >= 0.6 is 0 Å². The highest BCUT2D eigenvalue weighted by Crippen LogP contribution is 2.19. The summed E-state index contributed by atoms with van der Waals surface area (Å²) in [4.78, 5) is 9.13. The number of aromatic nitrogens is 2. The molecular weight excluding hydrogens is 256 g/mol.